The van der Waals surface area contributed by atoms with Crippen LogP contribution in [-0.2, 0) is 32.1 Å². The van der Waals surface area contributed by atoms with E-state index in [2.05, 4.69) is 0 Å². The largest absolute Gasteiger partial charge is 0.899 e. The molecule has 0 atom stereocenters. The zero-order valence-electron chi connectivity index (χ0n) is 14.2. The van der Waals surface area contributed by atoms with Gasteiger partial charge in [0, 0.05) is 19.3 Å². The Morgan fingerprint density at radius 2 is 1.09 bits per heavy atom. The van der Waals surface area contributed by atoms with Gasteiger partial charge in [-0.2, -0.15) is 0 Å². The van der Waals surface area contributed by atoms with Crippen LogP contribution in [0.3, 0.4) is 0 Å². The van der Waals surface area contributed by atoms with Crippen molar-refractivity contribution < 1.29 is 32.1 Å². The molecule has 0 bridgehead atoms. The van der Waals surface area contributed by atoms with Crippen molar-refractivity contribution in [2.75, 3.05) is 0 Å². The van der Waals surface area contributed by atoms with Crippen molar-refractivity contribution in [1.29, 1.82) is 0 Å². The maximum Gasteiger partial charge on any atom is 0.899 e. The van der Waals surface area contributed by atoms with Crippen LogP contribution < -0.4 is 0 Å². The minimum atomic E-state index is -4.25. The van der Waals surface area contributed by atoms with Gasteiger partial charge < -0.3 is 17.7 Å². The van der Waals surface area contributed by atoms with Gasteiger partial charge in [-0.05, 0) is 20.3 Å². The van der Waals surface area contributed by atoms with E-state index in [-0.39, 0.29) is 19.3 Å². The van der Waals surface area contributed by atoms with Gasteiger partial charge >= 0.3 is 9.05 Å². The summed E-state index contributed by atoms with van der Waals surface area (Å²) in [7, 11) is -4.25. The molecule has 0 spiro atoms. The predicted molar refractivity (Wildman–Crippen MR) is 80.4 cm³/mol. The summed E-state index contributed by atoms with van der Waals surface area (Å²) in [4.78, 5) is 35.1. The van der Waals surface area contributed by atoms with E-state index in [0.29, 0.717) is 6.42 Å². The van der Waals surface area contributed by atoms with Crippen LogP contribution >= 0.6 is 0 Å². The van der Waals surface area contributed by atoms with Crippen LogP contribution in [0.5, 0.6) is 0 Å². The SMILES string of the molecule is CCC(=O)O[Si](OC(=O)CC)(OC(=O)CC)OC(C)(C)CC. The van der Waals surface area contributed by atoms with Crippen molar-refractivity contribution in [1.82, 2.24) is 0 Å². The van der Waals surface area contributed by atoms with Gasteiger partial charge in [0.1, 0.15) is 0 Å². The second-order valence-electron chi connectivity index (χ2n) is 5.20. The summed E-state index contributed by atoms with van der Waals surface area (Å²) in [6.45, 7) is 10.0. The molecule has 0 aliphatic heterocycles. The molecule has 0 aromatic rings. The Balaban J connectivity index is 5.60. The Hall–Kier alpha value is -1.41. The van der Waals surface area contributed by atoms with E-state index in [0.717, 1.165) is 0 Å². The molecule has 0 fully saturated rings. The van der Waals surface area contributed by atoms with Crippen LogP contribution in [0, 0.1) is 0 Å². The minimum absolute atomic E-state index is 0.0397. The van der Waals surface area contributed by atoms with Gasteiger partial charge in [0.2, 0.25) is 0 Å². The fourth-order valence-corrected chi connectivity index (χ4v) is 3.51. The van der Waals surface area contributed by atoms with Gasteiger partial charge in [-0.3, -0.25) is 14.4 Å². The summed E-state index contributed by atoms with van der Waals surface area (Å²) in [5, 5.41) is 0. The molecule has 0 heterocycles. The molecular formula is C14H26O7Si. The molecule has 8 heteroatoms. The first-order valence-corrected chi connectivity index (χ1v) is 9.12. The van der Waals surface area contributed by atoms with Crippen molar-refractivity contribution in [3.63, 3.8) is 0 Å². The zero-order chi connectivity index (χ0) is 17.4. The van der Waals surface area contributed by atoms with E-state index in [1.807, 2.05) is 6.92 Å². The molecule has 0 radical (unpaired) electrons. The molecule has 7 nitrogen and oxygen atoms in total. The van der Waals surface area contributed by atoms with E-state index in [1.54, 1.807) is 34.6 Å². The fourth-order valence-electron chi connectivity index (χ4n) is 1.17. The Bertz CT molecular complexity index is 360. The van der Waals surface area contributed by atoms with Crippen LogP contribution in [0.2, 0.25) is 0 Å². The smallest absolute Gasteiger partial charge is 0.433 e. The monoisotopic (exact) mass is 334 g/mol. The lowest BCUT2D eigenvalue weighted by Gasteiger charge is -2.32. The molecule has 0 amide bonds. The lowest BCUT2D eigenvalue weighted by molar-refractivity contribution is -0.163. The first-order chi connectivity index (χ1) is 10.1. The number of hydrogen-bond donors (Lipinski definition) is 0. The first-order valence-electron chi connectivity index (χ1n) is 7.49. The Morgan fingerprint density at radius 3 is 1.32 bits per heavy atom. The molecule has 22 heavy (non-hydrogen) atoms. The summed E-state index contributed by atoms with van der Waals surface area (Å²) in [6, 6.07) is 0. The van der Waals surface area contributed by atoms with Crippen molar-refractivity contribution in [3.8, 4) is 0 Å². The second-order valence-corrected chi connectivity index (χ2v) is 7.01. The molecule has 0 aliphatic carbocycles. The Labute approximate surface area is 132 Å². The van der Waals surface area contributed by atoms with Crippen LogP contribution in [0.15, 0.2) is 0 Å². The highest BCUT2D eigenvalue weighted by Crippen LogP contribution is 2.25. The predicted octanol–water partition coefficient (Wildman–Crippen LogP) is 2.49. The van der Waals surface area contributed by atoms with Crippen LogP contribution in [0.1, 0.15) is 67.2 Å². The molecule has 0 unspecified atom stereocenters. The van der Waals surface area contributed by atoms with Crippen LogP contribution in [0.4, 0.5) is 0 Å². The van der Waals surface area contributed by atoms with E-state index in [1.165, 1.54) is 0 Å². The van der Waals surface area contributed by atoms with E-state index < -0.39 is 32.6 Å². The minimum Gasteiger partial charge on any atom is -0.433 e. The summed E-state index contributed by atoms with van der Waals surface area (Å²) < 4.78 is 21.2. The average Bonchev–Trinajstić information content (AvgIpc) is 2.45. The van der Waals surface area contributed by atoms with E-state index in [4.69, 9.17) is 17.7 Å². The molecular weight excluding hydrogens is 308 g/mol. The maximum atomic E-state index is 11.7. The Kier molecular flexibility index (Phi) is 8.32. The van der Waals surface area contributed by atoms with Gasteiger partial charge in [-0.1, -0.05) is 27.7 Å². The lowest BCUT2D eigenvalue weighted by Crippen LogP contribution is -2.56. The molecule has 0 aliphatic rings. The highest BCUT2D eigenvalue weighted by molar-refractivity contribution is 6.59. The third-order valence-corrected chi connectivity index (χ3v) is 5.07. The maximum absolute atomic E-state index is 11.7. The van der Waals surface area contributed by atoms with Gasteiger partial charge in [-0.25, -0.2) is 0 Å². The van der Waals surface area contributed by atoms with Crippen molar-refractivity contribution in [2.24, 2.45) is 0 Å². The van der Waals surface area contributed by atoms with Crippen LogP contribution in [-0.4, -0.2) is 32.6 Å². The van der Waals surface area contributed by atoms with Crippen molar-refractivity contribution in [3.05, 3.63) is 0 Å². The Morgan fingerprint density at radius 1 is 0.773 bits per heavy atom. The highest BCUT2D eigenvalue weighted by atomic mass is 28.4. The summed E-state index contributed by atoms with van der Waals surface area (Å²) >= 11 is 0. The number of hydrogen-bond acceptors (Lipinski definition) is 7. The van der Waals surface area contributed by atoms with Gasteiger partial charge in [0.25, 0.3) is 17.9 Å². The van der Waals surface area contributed by atoms with Crippen molar-refractivity contribution >= 4 is 27.0 Å². The molecule has 0 rings (SSSR count). The highest BCUT2D eigenvalue weighted by Gasteiger charge is 2.60. The third-order valence-electron chi connectivity index (χ3n) is 2.84. The quantitative estimate of drug-likeness (QED) is 0.598. The number of carbonyl (C=O) groups excluding carboxylic acids is 3. The van der Waals surface area contributed by atoms with Gasteiger partial charge in [0.15, 0.2) is 0 Å². The number of carbonyl (C=O) groups is 3. The van der Waals surface area contributed by atoms with E-state index >= 15 is 0 Å². The first kappa shape index (κ1) is 20.6. The van der Waals surface area contributed by atoms with Crippen LogP contribution in [0.25, 0.3) is 0 Å². The summed E-state index contributed by atoms with van der Waals surface area (Å²) in [5.41, 5.74) is -0.789. The fraction of sp³-hybridized carbons (Fsp3) is 0.786. The molecule has 0 saturated heterocycles. The van der Waals surface area contributed by atoms with Gasteiger partial charge in [-0.15, -0.1) is 0 Å². The van der Waals surface area contributed by atoms with Gasteiger partial charge in [0.05, 0.1) is 5.60 Å². The lowest BCUT2D eigenvalue weighted by atomic mass is 10.1. The third kappa shape index (κ3) is 7.03. The molecule has 0 saturated carbocycles. The number of rotatable bonds is 9. The molecule has 0 aromatic heterocycles. The normalized spacial score (nSPS) is 11.7. The molecule has 0 aromatic carbocycles. The standard InChI is InChI=1S/C14H26O7Si/c1-7-11(15)18-22(19-12(16)8-2,20-13(17)9-3)21-14(5,6)10-4/h7-10H2,1-6H3. The zero-order valence-corrected chi connectivity index (χ0v) is 15.2. The second kappa shape index (κ2) is 8.89. The average molecular weight is 334 g/mol. The topological polar surface area (TPSA) is 88.1 Å². The van der Waals surface area contributed by atoms with Crippen molar-refractivity contribution in [2.45, 2.75) is 72.8 Å². The summed E-state index contributed by atoms with van der Waals surface area (Å²) in [6.07, 6.45) is 0.660. The molecule has 128 valence electrons. The summed E-state index contributed by atoms with van der Waals surface area (Å²) in [5.74, 6) is -1.98. The van der Waals surface area contributed by atoms with E-state index in [9.17, 15) is 14.4 Å². The molecule has 0 N–H and O–H groups in total.